The van der Waals surface area contributed by atoms with Gasteiger partial charge in [0, 0.05) is 25.1 Å². The molecule has 0 bridgehead atoms. The number of unbranched alkanes of at least 4 members (excludes halogenated alkanes) is 1. The van der Waals surface area contributed by atoms with Crippen molar-refractivity contribution in [1.82, 2.24) is 15.1 Å². The predicted octanol–water partition coefficient (Wildman–Crippen LogP) is 2.20. The van der Waals surface area contributed by atoms with Crippen LogP contribution in [0.3, 0.4) is 0 Å². The van der Waals surface area contributed by atoms with Crippen LogP contribution in [0.25, 0.3) is 0 Å². The van der Waals surface area contributed by atoms with Crippen molar-refractivity contribution in [2.45, 2.75) is 51.0 Å². The minimum absolute atomic E-state index is 0.114. The molecule has 174 valence electrons. The number of fused-ring (bicyclic) bond motifs is 1. The number of ketones is 1. The zero-order chi connectivity index (χ0) is 23.5. The van der Waals surface area contributed by atoms with Crippen molar-refractivity contribution >= 4 is 29.6 Å². The third kappa shape index (κ3) is 4.81. The van der Waals surface area contributed by atoms with E-state index in [1.165, 1.54) is 0 Å². The van der Waals surface area contributed by atoms with E-state index in [2.05, 4.69) is 11.9 Å². The Balaban J connectivity index is 1.29. The lowest BCUT2D eigenvalue weighted by atomic mass is 10.0. The number of benzene rings is 1. The molecule has 9 heteroatoms. The van der Waals surface area contributed by atoms with Crippen molar-refractivity contribution in [1.29, 1.82) is 0 Å². The van der Waals surface area contributed by atoms with Gasteiger partial charge in [-0.05, 0) is 49.8 Å². The summed E-state index contributed by atoms with van der Waals surface area (Å²) in [6, 6.07) is 4.17. The van der Waals surface area contributed by atoms with E-state index in [0.29, 0.717) is 63.9 Å². The number of nitrogens with zero attached hydrogens (tertiary/aromatic N) is 2. The van der Waals surface area contributed by atoms with Gasteiger partial charge < -0.3 is 15.0 Å². The predicted molar refractivity (Wildman–Crippen MR) is 117 cm³/mol. The van der Waals surface area contributed by atoms with Crippen molar-refractivity contribution in [2.24, 2.45) is 0 Å². The highest BCUT2D eigenvalue weighted by molar-refractivity contribution is 6.23. The zero-order valence-corrected chi connectivity index (χ0v) is 18.4. The van der Waals surface area contributed by atoms with Gasteiger partial charge in [0.15, 0.2) is 0 Å². The number of aryl methyl sites for hydroxylation is 1. The van der Waals surface area contributed by atoms with E-state index in [9.17, 15) is 24.0 Å². The maximum Gasteiger partial charge on any atom is 0.409 e. The Hall–Kier alpha value is -3.49. The number of Topliss-reactive ketones (excluding diaryl/α,β-unsaturated/α-hetero) is 1. The van der Waals surface area contributed by atoms with E-state index >= 15 is 0 Å². The molecule has 9 nitrogen and oxygen atoms in total. The van der Waals surface area contributed by atoms with E-state index in [1.807, 2.05) is 0 Å². The standard InChI is InChI=1S/C24H27N3O6/c1-15-5-10-20(21(29)25-15)27-22(30)18-9-7-16(14-19(18)23(27)31)6-8-17(28)4-2-3-11-26-12-13-33-24(26)32/h7,9,14,20H,1-6,8,10-13H2,(H,25,29). The third-order valence-corrected chi connectivity index (χ3v) is 6.29. The zero-order valence-electron chi connectivity index (χ0n) is 18.4. The molecule has 33 heavy (non-hydrogen) atoms. The number of cyclic esters (lactones) is 1. The maximum absolute atomic E-state index is 12.9. The normalized spacial score (nSPS) is 20.2. The number of rotatable bonds is 9. The van der Waals surface area contributed by atoms with Crippen molar-refractivity contribution in [2.75, 3.05) is 19.7 Å². The molecule has 3 aliphatic heterocycles. The number of ether oxygens (including phenoxy) is 1. The molecule has 1 N–H and O–H groups in total. The molecule has 1 atom stereocenters. The molecule has 0 aromatic heterocycles. The van der Waals surface area contributed by atoms with Crippen LogP contribution in [0.5, 0.6) is 0 Å². The van der Waals surface area contributed by atoms with Gasteiger partial charge in [-0.1, -0.05) is 12.6 Å². The van der Waals surface area contributed by atoms with E-state index in [-0.39, 0.29) is 23.0 Å². The lowest BCUT2D eigenvalue weighted by molar-refractivity contribution is -0.125. The molecule has 3 aliphatic rings. The van der Waals surface area contributed by atoms with E-state index in [0.717, 1.165) is 16.9 Å². The lowest BCUT2D eigenvalue weighted by Gasteiger charge is -2.29. The molecule has 0 saturated carbocycles. The molecule has 0 aliphatic carbocycles. The van der Waals surface area contributed by atoms with Crippen LogP contribution >= 0.6 is 0 Å². The summed E-state index contributed by atoms with van der Waals surface area (Å²) in [4.78, 5) is 64.3. The lowest BCUT2D eigenvalue weighted by Crippen LogP contribution is -2.51. The first-order valence-corrected chi connectivity index (χ1v) is 11.3. The second kappa shape index (κ2) is 9.56. The average molecular weight is 453 g/mol. The number of nitrogens with one attached hydrogen (secondary N) is 1. The smallest absolute Gasteiger partial charge is 0.409 e. The fourth-order valence-electron chi connectivity index (χ4n) is 4.42. The first-order chi connectivity index (χ1) is 15.8. The summed E-state index contributed by atoms with van der Waals surface area (Å²) in [5, 5.41) is 2.61. The van der Waals surface area contributed by atoms with Gasteiger partial charge in [0.05, 0.1) is 17.7 Å². The molecule has 4 amide bonds. The number of amides is 4. The van der Waals surface area contributed by atoms with Crippen molar-refractivity contribution in [3.8, 4) is 0 Å². The molecule has 0 radical (unpaired) electrons. The Morgan fingerprint density at radius 2 is 1.88 bits per heavy atom. The van der Waals surface area contributed by atoms with Crippen LogP contribution in [-0.4, -0.2) is 65.1 Å². The summed E-state index contributed by atoms with van der Waals surface area (Å²) in [7, 11) is 0. The van der Waals surface area contributed by atoms with Gasteiger partial charge in [0.1, 0.15) is 18.4 Å². The summed E-state index contributed by atoms with van der Waals surface area (Å²) in [6.07, 6.45) is 3.26. The molecular formula is C24H27N3O6. The molecule has 1 unspecified atom stereocenters. The fraction of sp³-hybridized carbons (Fsp3) is 0.458. The van der Waals surface area contributed by atoms with Crippen LogP contribution in [0.1, 0.15) is 64.8 Å². The molecule has 0 spiro atoms. The second-order valence-electron chi connectivity index (χ2n) is 8.60. The van der Waals surface area contributed by atoms with Crippen molar-refractivity contribution in [3.63, 3.8) is 0 Å². The topological polar surface area (TPSA) is 113 Å². The van der Waals surface area contributed by atoms with Gasteiger partial charge in [-0.3, -0.25) is 24.1 Å². The van der Waals surface area contributed by atoms with E-state index in [1.54, 1.807) is 23.1 Å². The van der Waals surface area contributed by atoms with Gasteiger partial charge >= 0.3 is 6.09 Å². The Bertz CT molecular complexity index is 1030. The van der Waals surface area contributed by atoms with Gasteiger partial charge in [0.25, 0.3) is 11.8 Å². The van der Waals surface area contributed by atoms with Gasteiger partial charge in [-0.15, -0.1) is 0 Å². The highest BCUT2D eigenvalue weighted by Gasteiger charge is 2.43. The first-order valence-electron chi connectivity index (χ1n) is 11.3. The number of hydrogen-bond acceptors (Lipinski definition) is 6. The Morgan fingerprint density at radius 3 is 2.61 bits per heavy atom. The number of carbonyl (C=O) groups excluding carboxylic acids is 5. The minimum Gasteiger partial charge on any atom is -0.448 e. The van der Waals surface area contributed by atoms with E-state index < -0.39 is 23.8 Å². The summed E-state index contributed by atoms with van der Waals surface area (Å²) in [5.41, 5.74) is 1.94. The third-order valence-electron chi connectivity index (χ3n) is 6.29. The molecular weight excluding hydrogens is 426 g/mol. The van der Waals surface area contributed by atoms with Gasteiger partial charge in [-0.2, -0.15) is 0 Å². The number of carbonyl (C=O) groups is 5. The second-order valence-corrected chi connectivity index (χ2v) is 8.60. The maximum atomic E-state index is 12.9. The number of imide groups is 1. The molecule has 1 aromatic rings. The number of allylic oxidation sites excluding steroid dienone is 1. The molecule has 3 heterocycles. The number of hydrogen-bond donors (Lipinski definition) is 1. The molecule has 2 saturated heterocycles. The molecule has 2 fully saturated rings. The van der Waals surface area contributed by atoms with Crippen LogP contribution in [0.15, 0.2) is 30.5 Å². The molecule has 4 rings (SSSR count). The monoisotopic (exact) mass is 453 g/mol. The highest BCUT2D eigenvalue weighted by Crippen LogP contribution is 2.29. The Kier molecular flexibility index (Phi) is 6.57. The van der Waals surface area contributed by atoms with Crippen LogP contribution in [-0.2, 0) is 20.7 Å². The van der Waals surface area contributed by atoms with Crippen LogP contribution < -0.4 is 5.32 Å². The van der Waals surface area contributed by atoms with Crippen molar-refractivity contribution in [3.05, 3.63) is 47.2 Å². The largest absolute Gasteiger partial charge is 0.448 e. The molecule has 1 aromatic carbocycles. The van der Waals surface area contributed by atoms with Crippen LogP contribution in [0, 0.1) is 0 Å². The Morgan fingerprint density at radius 1 is 1.09 bits per heavy atom. The first kappa shape index (κ1) is 22.7. The quantitative estimate of drug-likeness (QED) is 0.453. The van der Waals surface area contributed by atoms with E-state index in [4.69, 9.17) is 4.74 Å². The summed E-state index contributed by atoms with van der Waals surface area (Å²) in [5.74, 6) is -1.22. The SMILES string of the molecule is C=C1CCC(N2C(=O)c3ccc(CCC(=O)CCCCN4CCOC4=O)cc3C2=O)C(=O)N1. The van der Waals surface area contributed by atoms with Crippen molar-refractivity contribution < 1.29 is 28.7 Å². The van der Waals surface area contributed by atoms with Gasteiger partial charge in [-0.25, -0.2) is 4.79 Å². The highest BCUT2D eigenvalue weighted by atomic mass is 16.6. The number of piperidine rings is 1. The van der Waals surface area contributed by atoms with Crippen LogP contribution in [0.2, 0.25) is 0 Å². The minimum atomic E-state index is -0.838. The average Bonchev–Trinajstić information content (AvgIpc) is 3.30. The summed E-state index contributed by atoms with van der Waals surface area (Å²) in [6.45, 7) is 5.35. The Labute approximate surface area is 191 Å². The summed E-state index contributed by atoms with van der Waals surface area (Å²) < 4.78 is 4.88. The van der Waals surface area contributed by atoms with Crippen LogP contribution in [0.4, 0.5) is 4.79 Å². The van der Waals surface area contributed by atoms with Gasteiger partial charge in [0.2, 0.25) is 5.91 Å². The fourth-order valence-corrected chi connectivity index (χ4v) is 4.42. The summed E-state index contributed by atoms with van der Waals surface area (Å²) >= 11 is 0.